The van der Waals surface area contributed by atoms with Crippen molar-refractivity contribution in [1.82, 2.24) is 10.6 Å². The van der Waals surface area contributed by atoms with Crippen LogP contribution in [0.25, 0.3) is 0 Å². The molecule has 106 valence electrons. The summed E-state index contributed by atoms with van der Waals surface area (Å²) < 4.78 is 5.12. The van der Waals surface area contributed by atoms with Gasteiger partial charge < -0.3 is 20.2 Å². The number of nitrogens with one attached hydrogen (secondary N) is 2. The molecule has 3 N–H and O–H groups in total. The number of rotatable bonds is 5. The van der Waals surface area contributed by atoms with E-state index in [1.807, 2.05) is 6.07 Å². The molecule has 1 atom stereocenters. The number of furan rings is 1. The first-order valence-electron chi connectivity index (χ1n) is 6.10. The van der Waals surface area contributed by atoms with Crippen LogP contribution in [0.3, 0.4) is 0 Å². The lowest BCUT2D eigenvalue weighted by molar-refractivity contribution is -0.141. The number of hydrogen-bond acceptors (Lipinski definition) is 3. The smallest absolute Gasteiger partial charge is 0.326 e. The van der Waals surface area contributed by atoms with Gasteiger partial charge in [0.15, 0.2) is 0 Å². The molecule has 0 aliphatic heterocycles. The second-order valence-corrected chi connectivity index (χ2v) is 5.37. The molecule has 0 unspecified atom stereocenters. The van der Waals surface area contributed by atoms with E-state index in [0.717, 1.165) is 5.76 Å². The quantitative estimate of drug-likeness (QED) is 0.756. The highest BCUT2D eigenvalue weighted by Gasteiger charge is 2.32. The fraction of sp³-hybridized carbons (Fsp3) is 0.538. The summed E-state index contributed by atoms with van der Waals surface area (Å²) in [6.45, 7) is 5.66. The van der Waals surface area contributed by atoms with Crippen LogP contribution in [-0.4, -0.2) is 29.7 Å². The first-order valence-corrected chi connectivity index (χ1v) is 6.10. The molecule has 2 amide bonds. The summed E-state index contributed by atoms with van der Waals surface area (Å²) in [7, 11) is 0. The van der Waals surface area contributed by atoms with Crippen molar-refractivity contribution in [3.8, 4) is 0 Å². The fourth-order valence-corrected chi connectivity index (χ4v) is 1.58. The summed E-state index contributed by atoms with van der Waals surface area (Å²) >= 11 is 0. The van der Waals surface area contributed by atoms with E-state index >= 15 is 0 Å². The number of aliphatic carboxylic acids is 1. The molecule has 0 fully saturated rings. The molecule has 0 aromatic carbocycles. The number of carboxylic acid groups (broad SMARTS) is 1. The lowest BCUT2D eigenvalue weighted by Gasteiger charge is -2.27. The van der Waals surface area contributed by atoms with Gasteiger partial charge in [0.05, 0.1) is 6.26 Å². The minimum absolute atomic E-state index is 0.385. The molecule has 6 heteroatoms. The molecular weight excluding hydrogens is 248 g/mol. The summed E-state index contributed by atoms with van der Waals surface area (Å²) in [6.07, 6.45) is 2.13. The third kappa shape index (κ3) is 5.03. The van der Waals surface area contributed by atoms with Crippen LogP contribution in [0.4, 0.5) is 4.79 Å². The first kappa shape index (κ1) is 15.1. The summed E-state index contributed by atoms with van der Waals surface area (Å²) in [5.41, 5.74) is -0.551. The van der Waals surface area contributed by atoms with Crippen LogP contribution in [0.15, 0.2) is 22.8 Å². The monoisotopic (exact) mass is 268 g/mol. The average molecular weight is 268 g/mol. The highest BCUT2D eigenvalue weighted by Crippen LogP contribution is 2.19. The number of amides is 2. The number of urea groups is 1. The summed E-state index contributed by atoms with van der Waals surface area (Å²) in [6, 6.07) is 2.16. The van der Waals surface area contributed by atoms with Gasteiger partial charge in [-0.2, -0.15) is 0 Å². The predicted molar refractivity (Wildman–Crippen MR) is 69.8 cm³/mol. The van der Waals surface area contributed by atoms with E-state index in [1.54, 1.807) is 33.1 Å². The maximum Gasteiger partial charge on any atom is 0.326 e. The van der Waals surface area contributed by atoms with Gasteiger partial charge in [-0.15, -0.1) is 0 Å². The standard InChI is InChI=1S/C13H20N2O4/c1-13(2,3)10(11(16)17)15-12(18)14-7-6-9-5-4-8-19-9/h4-5,8,10H,6-7H2,1-3H3,(H,16,17)(H2,14,15,18)/t10-/m0/s1. The molecule has 0 bridgehead atoms. The van der Waals surface area contributed by atoms with Gasteiger partial charge in [-0.3, -0.25) is 0 Å². The Morgan fingerprint density at radius 3 is 2.58 bits per heavy atom. The number of carbonyl (C=O) groups is 2. The van der Waals surface area contributed by atoms with Crippen LogP contribution in [0, 0.1) is 5.41 Å². The largest absolute Gasteiger partial charge is 0.480 e. The van der Waals surface area contributed by atoms with Crippen LogP contribution in [0.1, 0.15) is 26.5 Å². The van der Waals surface area contributed by atoms with Gasteiger partial charge in [0.25, 0.3) is 0 Å². The molecule has 0 spiro atoms. The zero-order chi connectivity index (χ0) is 14.5. The van der Waals surface area contributed by atoms with Gasteiger partial charge >= 0.3 is 12.0 Å². The van der Waals surface area contributed by atoms with E-state index in [9.17, 15) is 9.59 Å². The van der Waals surface area contributed by atoms with E-state index in [4.69, 9.17) is 9.52 Å². The van der Waals surface area contributed by atoms with E-state index in [2.05, 4.69) is 10.6 Å². The summed E-state index contributed by atoms with van der Waals surface area (Å²) in [5.74, 6) is -0.278. The molecule has 1 aromatic rings. The van der Waals surface area contributed by atoms with E-state index < -0.39 is 23.5 Å². The molecule has 1 aromatic heterocycles. The van der Waals surface area contributed by atoms with Gasteiger partial charge in [-0.25, -0.2) is 9.59 Å². The van der Waals surface area contributed by atoms with Crippen molar-refractivity contribution in [3.63, 3.8) is 0 Å². The topological polar surface area (TPSA) is 91.6 Å². The van der Waals surface area contributed by atoms with Crippen LogP contribution < -0.4 is 10.6 Å². The lowest BCUT2D eigenvalue weighted by Crippen LogP contribution is -2.52. The Hall–Kier alpha value is -1.98. The zero-order valence-electron chi connectivity index (χ0n) is 11.4. The molecule has 0 saturated heterocycles. The van der Waals surface area contributed by atoms with E-state index in [1.165, 1.54) is 0 Å². The van der Waals surface area contributed by atoms with Crippen LogP contribution in [-0.2, 0) is 11.2 Å². The normalized spacial score (nSPS) is 12.8. The highest BCUT2D eigenvalue weighted by molar-refractivity contribution is 5.83. The molecule has 19 heavy (non-hydrogen) atoms. The molecule has 0 aliphatic carbocycles. The average Bonchev–Trinajstić information content (AvgIpc) is 2.77. The first-order chi connectivity index (χ1) is 8.80. The summed E-state index contributed by atoms with van der Waals surface area (Å²) in [4.78, 5) is 22.7. The third-order valence-electron chi connectivity index (χ3n) is 2.63. The van der Waals surface area contributed by atoms with Gasteiger partial charge in [0, 0.05) is 13.0 Å². The van der Waals surface area contributed by atoms with Crippen LogP contribution in [0.2, 0.25) is 0 Å². The molecule has 1 heterocycles. The van der Waals surface area contributed by atoms with Crippen molar-refractivity contribution >= 4 is 12.0 Å². The zero-order valence-corrected chi connectivity index (χ0v) is 11.4. The van der Waals surface area contributed by atoms with Crippen molar-refractivity contribution in [1.29, 1.82) is 0 Å². The second-order valence-electron chi connectivity index (χ2n) is 5.37. The fourth-order valence-electron chi connectivity index (χ4n) is 1.58. The highest BCUT2D eigenvalue weighted by atomic mass is 16.4. The molecule has 6 nitrogen and oxygen atoms in total. The van der Waals surface area contributed by atoms with Crippen molar-refractivity contribution in [2.45, 2.75) is 33.2 Å². The SMILES string of the molecule is CC(C)(C)[C@@H](NC(=O)NCCc1ccco1)C(=O)O. The minimum Gasteiger partial charge on any atom is -0.480 e. The molecular formula is C13H20N2O4. The lowest BCUT2D eigenvalue weighted by atomic mass is 9.87. The van der Waals surface area contributed by atoms with Gasteiger partial charge in [-0.1, -0.05) is 20.8 Å². The van der Waals surface area contributed by atoms with Crippen molar-refractivity contribution in [2.75, 3.05) is 6.54 Å². The second kappa shape index (κ2) is 6.26. The Kier molecular flexibility index (Phi) is 4.97. The number of hydrogen-bond donors (Lipinski definition) is 3. The van der Waals surface area contributed by atoms with Crippen LogP contribution >= 0.6 is 0 Å². The Morgan fingerprint density at radius 2 is 2.11 bits per heavy atom. The van der Waals surface area contributed by atoms with Gasteiger partial charge in [0.2, 0.25) is 0 Å². The predicted octanol–water partition coefficient (Wildman–Crippen LogP) is 1.62. The molecule has 0 radical (unpaired) electrons. The minimum atomic E-state index is -1.05. The maximum atomic E-state index is 11.6. The van der Waals surface area contributed by atoms with Crippen molar-refractivity contribution in [2.24, 2.45) is 5.41 Å². The summed E-state index contributed by atoms with van der Waals surface area (Å²) in [5, 5.41) is 14.1. The van der Waals surface area contributed by atoms with Crippen molar-refractivity contribution in [3.05, 3.63) is 24.2 Å². The number of carboxylic acids is 1. The van der Waals surface area contributed by atoms with E-state index in [0.29, 0.717) is 13.0 Å². The van der Waals surface area contributed by atoms with E-state index in [-0.39, 0.29) is 0 Å². The Bertz CT molecular complexity index is 420. The third-order valence-corrected chi connectivity index (χ3v) is 2.63. The van der Waals surface area contributed by atoms with Gasteiger partial charge in [-0.05, 0) is 17.5 Å². The van der Waals surface area contributed by atoms with Crippen molar-refractivity contribution < 1.29 is 19.1 Å². The molecule has 0 aliphatic rings. The Labute approximate surface area is 112 Å². The Morgan fingerprint density at radius 1 is 1.42 bits per heavy atom. The molecule has 0 saturated carbocycles. The Balaban J connectivity index is 2.39. The van der Waals surface area contributed by atoms with Gasteiger partial charge in [0.1, 0.15) is 11.8 Å². The van der Waals surface area contributed by atoms with Crippen LogP contribution in [0.5, 0.6) is 0 Å². The number of carbonyl (C=O) groups excluding carboxylic acids is 1. The maximum absolute atomic E-state index is 11.6. The molecule has 1 rings (SSSR count).